The van der Waals surface area contributed by atoms with Crippen LogP contribution < -0.4 is 9.46 Å². The third kappa shape index (κ3) is 6.46. The van der Waals surface area contributed by atoms with Crippen molar-refractivity contribution >= 4 is 56.5 Å². The van der Waals surface area contributed by atoms with Crippen molar-refractivity contribution in [1.82, 2.24) is 0 Å². The number of halogens is 3. The highest BCUT2D eigenvalue weighted by atomic mass is 35.5. The van der Waals surface area contributed by atoms with Gasteiger partial charge in [-0.05, 0) is 48.4 Å². The second-order valence-corrected chi connectivity index (χ2v) is 8.86. The molecule has 146 valence electrons. The maximum Gasteiger partial charge on any atom is 0.307 e. The van der Waals surface area contributed by atoms with Gasteiger partial charge in [-0.25, -0.2) is 8.42 Å². The third-order valence-corrected chi connectivity index (χ3v) is 5.49. The van der Waals surface area contributed by atoms with E-state index < -0.39 is 16.0 Å². The van der Waals surface area contributed by atoms with Crippen LogP contribution in [0.4, 0.5) is 5.69 Å². The zero-order valence-corrected chi connectivity index (χ0v) is 17.2. The van der Waals surface area contributed by atoms with Gasteiger partial charge in [0.05, 0.1) is 27.9 Å². The van der Waals surface area contributed by atoms with E-state index in [-0.39, 0.29) is 34.6 Å². The number of aliphatic carboxylic acids is 1. The van der Waals surface area contributed by atoms with Crippen LogP contribution >= 0.6 is 34.8 Å². The molecule has 0 aliphatic heterocycles. The Hall–Kier alpha value is -1.67. The lowest BCUT2D eigenvalue weighted by Gasteiger charge is -2.13. The Kier molecular flexibility index (Phi) is 7.22. The van der Waals surface area contributed by atoms with Gasteiger partial charge in [0.25, 0.3) is 0 Å². The van der Waals surface area contributed by atoms with Gasteiger partial charge in [-0.1, -0.05) is 34.8 Å². The summed E-state index contributed by atoms with van der Waals surface area (Å²) in [4.78, 5) is 10.8. The standard InChI is InChI=1S/C17H16Cl3NO5S/c1-2-27(24,25)21-13-4-11(3-12(18)8-13)9-26-17-14(19)5-10(6-15(17)20)7-16(22)23/h3-6,8,21H,2,7,9H2,1H3,(H,22,23). The van der Waals surface area contributed by atoms with Crippen molar-refractivity contribution in [1.29, 1.82) is 0 Å². The minimum atomic E-state index is -3.44. The summed E-state index contributed by atoms with van der Waals surface area (Å²) in [5, 5.41) is 9.52. The van der Waals surface area contributed by atoms with Crippen LogP contribution in [0, 0.1) is 0 Å². The van der Waals surface area contributed by atoms with Crippen molar-refractivity contribution in [2.45, 2.75) is 20.0 Å². The lowest BCUT2D eigenvalue weighted by atomic mass is 10.1. The summed E-state index contributed by atoms with van der Waals surface area (Å²) >= 11 is 18.3. The Morgan fingerprint density at radius 2 is 1.70 bits per heavy atom. The lowest BCUT2D eigenvalue weighted by molar-refractivity contribution is -0.136. The van der Waals surface area contributed by atoms with E-state index in [1.807, 2.05) is 0 Å². The van der Waals surface area contributed by atoms with Gasteiger partial charge in [0, 0.05) is 5.02 Å². The number of sulfonamides is 1. The number of hydrogen-bond donors (Lipinski definition) is 2. The van der Waals surface area contributed by atoms with Crippen LogP contribution in [0.25, 0.3) is 0 Å². The smallest absolute Gasteiger partial charge is 0.307 e. The van der Waals surface area contributed by atoms with Crippen LogP contribution in [0.15, 0.2) is 30.3 Å². The fourth-order valence-corrected chi connectivity index (χ4v) is 3.75. The van der Waals surface area contributed by atoms with Crippen molar-refractivity contribution in [3.05, 3.63) is 56.5 Å². The van der Waals surface area contributed by atoms with Crippen molar-refractivity contribution in [3.8, 4) is 5.75 Å². The van der Waals surface area contributed by atoms with E-state index in [0.717, 1.165) is 0 Å². The molecule has 6 nitrogen and oxygen atoms in total. The van der Waals surface area contributed by atoms with Crippen molar-refractivity contribution in [2.24, 2.45) is 0 Å². The molecule has 2 aromatic carbocycles. The summed E-state index contributed by atoms with van der Waals surface area (Å²) in [7, 11) is -3.44. The molecular weight excluding hydrogens is 437 g/mol. The summed E-state index contributed by atoms with van der Waals surface area (Å²) in [6.07, 6.45) is -0.213. The van der Waals surface area contributed by atoms with Gasteiger partial charge >= 0.3 is 5.97 Å². The molecular formula is C17H16Cl3NO5S. The maximum absolute atomic E-state index is 11.7. The molecule has 10 heteroatoms. The third-order valence-electron chi connectivity index (χ3n) is 3.41. The number of rotatable bonds is 8. The first-order chi connectivity index (χ1) is 12.6. The summed E-state index contributed by atoms with van der Waals surface area (Å²) in [6.45, 7) is 1.55. The van der Waals surface area contributed by atoms with E-state index in [4.69, 9.17) is 44.6 Å². The Balaban J connectivity index is 2.19. The zero-order chi connectivity index (χ0) is 20.2. The average Bonchev–Trinajstić information content (AvgIpc) is 2.52. The predicted molar refractivity (Wildman–Crippen MR) is 107 cm³/mol. The van der Waals surface area contributed by atoms with E-state index in [1.54, 1.807) is 12.1 Å². The molecule has 27 heavy (non-hydrogen) atoms. The zero-order valence-electron chi connectivity index (χ0n) is 14.1. The van der Waals surface area contributed by atoms with Crippen molar-refractivity contribution < 1.29 is 23.1 Å². The number of hydrogen-bond acceptors (Lipinski definition) is 4. The summed E-state index contributed by atoms with van der Waals surface area (Å²) in [5.74, 6) is -0.876. The van der Waals surface area contributed by atoms with Gasteiger partial charge in [-0.15, -0.1) is 0 Å². The molecule has 0 atom stereocenters. The predicted octanol–water partition coefficient (Wildman–Crippen LogP) is 4.61. The van der Waals surface area contributed by atoms with E-state index >= 15 is 0 Å². The molecule has 0 amide bonds. The second-order valence-electron chi connectivity index (χ2n) is 5.60. The number of carboxylic acid groups (broad SMARTS) is 1. The SMILES string of the molecule is CCS(=O)(=O)Nc1cc(Cl)cc(COc2c(Cl)cc(CC(=O)O)cc2Cl)c1. The number of carboxylic acids is 1. The normalized spacial score (nSPS) is 11.3. The molecule has 0 saturated carbocycles. The van der Waals surface area contributed by atoms with E-state index in [1.165, 1.54) is 25.1 Å². The maximum atomic E-state index is 11.7. The first kappa shape index (κ1) is 21.6. The number of benzene rings is 2. The lowest BCUT2D eigenvalue weighted by Crippen LogP contribution is -2.14. The molecule has 0 aromatic heterocycles. The highest BCUT2D eigenvalue weighted by molar-refractivity contribution is 7.92. The summed E-state index contributed by atoms with van der Waals surface area (Å²) < 4.78 is 31.5. The molecule has 0 fully saturated rings. The molecule has 2 rings (SSSR count). The van der Waals surface area contributed by atoms with Crippen molar-refractivity contribution in [3.63, 3.8) is 0 Å². The summed E-state index contributed by atoms with van der Waals surface area (Å²) in [5.41, 5.74) is 1.36. The number of nitrogens with one attached hydrogen (secondary N) is 1. The molecule has 0 unspecified atom stereocenters. The van der Waals surface area contributed by atoms with Crippen molar-refractivity contribution in [2.75, 3.05) is 10.5 Å². The average molecular weight is 453 g/mol. The quantitative estimate of drug-likeness (QED) is 0.610. The minimum Gasteiger partial charge on any atom is -0.486 e. The van der Waals surface area contributed by atoms with Crippen LogP contribution in [0.3, 0.4) is 0 Å². The van der Waals surface area contributed by atoms with Crippen LogP contribution in [0.2, 0.25) is 15.1 Å². The Morgan fingerprint density at radius 3 is 2.26 bits per heavy atom. The van der Waals surface area contributed by atoms with Gasteiger partial charge < -0.3 is 9.84 Å². The monoisotopic (exact) mass is 451 g/mol. The van der Waals surface area contributed by atoms with Crippen LogP contribution in [-0.2, 0) is 27.8 Å². The largest absolute Gasteiger partial charge is 0.486 e. The molecule has 0 aliphatic rings. The number of carbonyl (C=O) groups is 1. The molecule has 0 bridgehead atoms. The topological polar surface area (TPSA) is 92.7 Å². The number of anilines is 1. The molecule has 2 aromatic rings. The van der Waals surface area contributed by atoms with Gasteiger partial charge in [0.1, 0.15) is 6.61 Å². The minimum absolute atomic E-state index is 0.0269. The van der Waals surface area contributed by atoms with E-state index in [2.05, 4.69) is 4.72 Å². The van der Waals surface area contributed by atoms with Crippen LogP contribution in [0.5, 0.6) is 5.75 Å². The first-order valence-electron chi connectivity index (χ1n) is 7.72. The van der Waals surface area contributed by atoms with Crippen LogP contribution in [0.1, 0.15) is 18.1 Å². The second kappa shape index (κ2) is 9.01. The molecule has 0 heterocycles. The van der Waals surface area contributed by atoms with Crippen LogP contribution in [-0.4, -0.2) is 25.2 Å². The van der Waals surface area contributed by atoms with Gasteiger partial charge in [-0.2, -0.15) is 0 Å². The Bertz CT molecular complexity index is 940. The Labute approximate surface area is 172 Å². The first-order valence-corrected chi connectivity index (χ1v) is 10.5. The molecule has 0 radical (unpaired) electrons. The Morgan fingerprint density at radius 1 is 1.07 bits per heavy atom. The number of ether oxygens (including phenoxy) is 1. The fraction of sp³-hybridized carbons (Fsp3) is 0.235. The van der Waals surface area contributed by atoms with E-state index in [9.17, 15) is 13.2 Å². The molecule has 2 N–H and O–H groups in total. The fourth-order valence-electron chi connectivity index (χ4n) is 2.23. The van der Waals surface area contributed by atoms with Gasteiger partial charge in [0.15, 0.2) is 5.75 Å². The molecule has 0 aliphatic carbocycles. The highest BCUT2D eigenvalue weighted by Crippen LogP contribution is 2.35. The van der Waals surface area contributed by atoms with Gasteiger partial charge in [0.2, 0.25) is 10.0 Å². The molecule has 0 spiro atoms. The van der Waals surface area contributed by atoms with E-state index in [0.29, 0.717) is 21.8 Å². The summed E-state index contributed by atoms with van der Waals surface area (Å²) in [6, 6.07) is 7.62. The highest BCUT2D eigenvalue weighted by Gasteiger charge is 2.13. The molecule has 0 saturated heterocycles. The van der Waals surface area contributed by atoms with Gasteiger partial charge in [-0.3, -0.25) is 9.52 Å².